The van der Waals surface area contributed by atoms with Crippen LogP contribution in [0.1, 0.15) is 25.0 Å². The standard InChI is InChI=1S/C25H15N2O.C23H24NSi.Ir/c1-2-9-17(10-3-1)27-22-15-6-5-14-21(22)26-25(27)20-13-8-12-19-18-11-4-7-16-23(18)28-24(19)20;1-23(2)20-12-7-6-9-17(20)18-10-8-11-19(22(18)23)21-14-13-16(15-24-21)25(3,4)5;/h1-12,14-16H;6-10,12-15H,1-5H3;/q2*-1;. The summed E-state index contributed by atoms with van der Waals surface area (Å²) in [5.74, 6) is 0.831. The van der Waals surface area contributed by atoms with E-state index in [1.165, 1.54) is 27.4 Å². The van der Waals surface area contributed by atoms with E-state index in [4.69, 9.17) is 14.4 Å². The Morgan fingerprint density at radius 2 is 1.37 bits per heavy atom. The summed E-state index contributed by atoms with van der Waals surface area (Å²) in [6.45, 7) is 11.7. The molecule has 9 aromatic rings. The topological polar surface area (TPSA) is 43.9 Å². The van der Waals surface area contributed by atoms with Crippen LogP contribution in [0.15, 0.2) is 150 Å². The molecule has 0 amide bonds. The summed E-state index contributed by atoms with van der Waals surface area (Å²) < 4.78 is 8.41. The van der Waals surface area contributed by atoms with Gasteiger partial charge in [0.2, 0.25) is 0 Å². The van der Waals surface area contributed by atoms with Gasteiger partial charge in [0.1, 0.15) is 5.58 Å². The van der Waals surface area contributed by atoms with Crippen molar-refractivity contribution in [3.05, 3.63) is 169 Å². The molecule has 0 unspecified atom stereocenters. The molecule has 6 heteroatoms. The van der Waals surface area contributed by atoms with Crippen molar-refractivity contribution in [2.45, 2.75) is 38.9 Å². The Labute approximate surface area is 330 Å². The number of furan rings is 1. The summed E-state index contributed by atoms with van der Waals surface area (Å²) in [5.41, 5.74) is 13.2. The first-order chi connectivity index (χ1) is 25.7. The molecule has 1 aliphatic rings. The summed E-state index contributed by atoms with van der Waals surface area (Å²) in [4.78, 5) is 9.78. The van der Waals surface area contributed by atoms with Gasteiger partial charge in [0.05, 0.1) is 30.5 Å². The Balaban J connectivity index is 0.000000151. The molecular formula is C48H39IrN3OSi-2. The Morgan fingerprint density at radius 3 is 2.17 bits per heavy atom. The fourth-order valence-electron chi connectivity index (χ4n) is 7.85. The predicted octanol–water partition coefficient (Wildman–Crippen LogP) is 11.8. The third-order valence-corrected chi connectivity index (χ3v) is 12.6. The molecule has 3 aromatic heterocycles. The molecule has 0 atom stereocenters. The van der Waals surface area contributed by atoms with Crippen molar-refractivity contribution in [2.75, 3.05) is 0 Å². The van der Waals surface area contributed by atoms with Gasteiger partial charge in [-0.05, 0) is 57.8 Å². The predicted molar refractivity (Wildman–Crippen MR) is 222 cm³/mol. The maximum atomic E-state index is 6.24. The molecule has 0 spiro atoms. The minimum absolute atomic E-state index is 0. The van der Waals surface area contributed by atoms with E-state index in [0.29, 0.717) is 0 Å². The van der Waals surface area contributed by atoms with Gasteiger partial charge in [0.15, 0.2) is 0 Å². The maximum absolute atomic E-state index is 6.24. The molecule has 267 valence electrons. The maximum Gasteiger partial charge on any atom is 0.120 e. The Kier molecular flexibility index (Phi) is 9.10. The van der Waals surface area contributed by atoms with Gasteiger partial charge in [-0.1, -0.05) is 135 Å². The van der Waals surface area contributed by atoms with E-state index in [1.54, 1.807) is 0 Å². The van der Waals surface area contributed by atoms with E-state index in [1.807, 2.05) is 66.7 Å². The van der Waals surface area contributed by atoms with Crippen LogP contribution in [-0.2, 0) is 25.5 Å². The smallest absolute Gasteiger partial charge is 0.120 e. The third-order valence-electron chi connectivity index (χ3n) is 10.5. The molecule has 54 heavy (non-hydrogen) atoms. The minimum Gasteiger partial charge on any atom is -0.501 e. The Hall–Kier alpha value is -5.39. The van der Waals surface area contributed by atoms with Crippen molar-refractivity contribution >= 4 is 46.2 Å². The molecule has 0 aliphatic heterocycles. The van der Waals surface area contributed by atoms with E-state index < -0.39 is 8.07 Å². The van der Waals surface area contributed by atoms with Gasteiger partial charge < -0.3 is 14.0 Å². The van der Waals surface area contributed by atoms with Crippen LogP contribution in [0.3, 0.4) is 0 Å². The number of aromatic nitrogens is 3. The quantitative estimate of drug-likeness (QED) is 0.131. The fraction of sp³-hybridized carbons (Fsp3) is 0.125. The van der Waals surface area contributed by atoms with Gasteiger partial charge in [0.25, 0.3) is 0 Å². The number of pyridine rings is 1. The van der Waals surface area contributed by atoms with Gasteiger partial charge in [-0.2, -0.15) is 0 Å². The van der Waals surface area contributed by atoms with Crippen molar-refractivity contribution in [3.63, 3.8) is 0 Å². The average Bonchev–Trinajstić information content (AvgIpc) is 3.83. The SMILES string of the molecule is CC1(C)c2ccccc2-c2cc[c-]c(-c3ccc([Si](C)(C)C)cn3)c21.[Ir].[c-]1ccc2c(oc3ccccc32)c1-c1nc2ccccc2n1-c1ccccc1. The average molecular weight is 894 g/mol. The molecule has 1 aliphatic carbocycles. The first kappa shape index (κ1) is 35.6. The summed E-state index contributed by atoms with van der Waals surface area (Å²) in [7, 11) is -1.33. The third kappa shape index (κ3) is 5.95. The molecule has 4 nitrogen and oxygen atoms in total. The van der Waals surface area contributed by atoms with Crippen LogP contribution in [0.5, 0.6) is 0 Å². The van der Waals surface area contributed by atoms with Crippen LogP contribution in [0, 0.1) is 12.1 Å². The number of hydrogen-bond donors (Lipinski definition) is 0. The van der Waals surface area contributed by atoms with Gasteiger partial charge in [0, 0.05) is 37.4 Å². The molecule has 1 radical (unpaired) electrons. The van der Waals surface area contributed by atoms with Gasteiger partial charge in [-0.15, -0.1) is 47.5 Å². The molecule has 0 N–H and O–H groups in total. The second-order valence-corrected chi connectivity index (χ2v) is 20.4. The summed E-state index contributed by atoms with van der Waals surface area (Å²) in [5, 5.41) is 3.58. The normalized spacial score (nSPS) is 12.9. The van der Waals surface area contributed by atoms with Crippen molar-refractivity contribution in [1.29, 1.82) is 0 Å². The Morgan fingerprint density at radius 1 is 0.667 bits per heavy atom. The van der Waals surface area contributed by atoms with Crippen LogP contribution in [0.25, 0.3) is 72.4 Å². The number of benzene rings is 6. The zero-order valence-electron chi connectivity index (χ0n) is 30.9. The first-order valence-electron chi connectivity index (χ1n) is 18.2. The summed E-state index contributed by atoms with van der Waals surface area (Å²) in [6, 6.07) is 54.9. The number of nitrogens with zero attached hydrogens (tertiary/aromatic N) is 3. The number of hydrogen-bond acceptors (Lipinski definition) is 3. The van der Waals surface area contributed by atoms with Crippen LogP contribution in [0.4, 0.5) is 0 Å². The van der Waals surface area contributed by atoms with Crippen LogP contribution in [-0.4, -0.2) is 22.6 Å². The molecule has 3 heterocycles. The molecule has 0 fully saturated rings. The molecule has 6 aromatic carbocycles. The number of fused-ring (bicyclic) bond motifs is 7. The largest absolute Gasteiger partial charge is 0.501 e. The van der Waals surface area contributed by atoms with Crippen molar-refractivity contribution in [1.82, 2.24) is 14.5 Å². The van der Waals surface area contributed by atoms with Gasteiger partial charge >= 0.3 is 0 Å². The van der Waals surface area contributed by atoms with E-state index >= 15 is 0 Å². The fourth-order valence-corrected chi connectivity index (χ4v) is 8.88. The first-order valence-corrected chi connectivity index (χ1v) is 21.7. The molecular weight excluding hydrogens is 855 g/mol. The molecule has 0 bridgehead atoms. The molecule has 0 saturated carbocycles. The number of imidazole rings is 1. The zero-order chi connectivity index (χ0) is 36.3. The van der Waals surface area contributed by atoms with Crippen LogP contribution >= 0.6 is 0 Å². The summed E-state index contributed by atoms with van der Waals surface area (Å²) in [6.07, 6.45) is 2.07. The second-order valence-electron chi connectivity index (χ2n) is 15.3. The van der Waals surface area contributed by atoms with Gasteiger partial charge in [-0.25, -0.2) is 0 Å². The second kappa shape index (κ2) is 13.8. The van der Waals surface area contributed by atoms with Crippen LogP contribution < -0.4 is 5.19 Å². The van der Waals surface area contributed by atoms with E-state index in [0.717, 1.165) is 61.3 Å². The number of para-hydroxylation sites is 4. The molecule has 10 rings (SSSR count). The van der Waals surface area contributed by atoms with E-state index in [9.17, 15) is 0 Å². The van der Waals surface area contributed by atoms with Gasteiger partial charge in [-0.3, -0.25) is 4.98 Å². The van der Waals surface area contributed by atoms with Crippen molar-refractivity contribution < 1.29 is 24.5 Å². The van der Waals surface area contributed by atoms with Crippen molar-refractivity contribution in [3.8, 4) is 39.5 Å². The molecule has 0 saturated heterocycles. The minimum atomic E-state index is -1.33. The van der Waals surface area contributed by atoms with Crippen LogP contribution in [0.2, 0.25) is 19.6 Å². The number of rotatable bonds is 4. The van der Waals surface area contributed by atoms with Crippen molar-refractivity contribution in [2.24, 2.45) is 0 Å². The monoisotopic (exact) mass is 894 g/mol. The van der Waals surface area contributed by atoms with E-state index in [-0.39, 0.29) is 25.5 Å². The zero-order valence-corrected chi connectivity index (χ0v) is 34.3. The van der Waals surface area contributed by atoms with E-state index in [2.05, 4.69) is 129 Å². The summed E-state index contributed by atoms with van der Waals surface area (Å²) >= 11 is 0. The Bertz CT molecular complexity index is 2790.